The number of nitrogens with one attached hydrogen (secondary N) is 1. The van der Waals surface area contributed by atoms with E-state index >= 15 is 0 Å². The van der Waals surface area contributed by atoms with Crippen molar-refractivity contribution in [2.24, 2.45) is 11.7 Å². The summed E-state index contributed by atoms with van der Waals surface area (Å²) < 4.78 is 0.919. The van der Waals surface area contributed by atoms with Crippen LogP contribution in [0, 0.1) is 5.92 Å². The van der Waals surface area contributed by atoms with Crippen LogP contribution in [0.2, 0.25) is 0 Å². The zero-order valence-electron chi connectivity index (χ0n) is 12.3. The fraction of sp³-hybridized carbons (Fsp3) is 0.467. The van der Waals surface area contributed by atoms with Crippen molar-refractivity contribution in [1.82, 2.24) is 5.32 Å². The molecule has 3 N–H and O–H groups in total. The van der Waals surface area contributed by atoms with E-state index in [1.54, 1.807) is 4.90 Å². The van der Waals surface area contributed by atoms with E-state index in [1.807, 2.05) is 24.3 Å². The van der Waals surface area contributed by atoms with Crippen molar-refractivity contribution in [1.29, 1.82) is 0 Å². The Labute approximate surface area is 145 Å². The Morgan fingerprint density at radius 3 is 2.86 bits per heavy atom. The van der Waals surface area contributed by atoms with Gasteiger partial charge in [-0.05, 0) is 37.6 Å². The van der Waals surface area contributed by atoms with Gasteiger partial charge in [0.1, 0.15) is 0 Å². The Bertz CT molecular complexity index is 527. The first-order chi connectivity index (χ1) is 10.1. The maximum Gasteiger partial charge on any atom is 0.227 e. The number of amides is 2. The summed E-state index contributed by atoms with van der Waals surface area (Å²) in [4.78, 5) is 25.8. The van der Waals surface area contributed by atoms with Gasteiger partial charge in [0.15, 0.2) is 0 Å². The Kier molecular flexibility index (Phi) is 7.85. The van der Waals surface area contributed by atoms with Crippen LogP contribution in [0.3, 0.4) is 0 Å². The van der Waals surface area contributed by atoms with Crippen LogP contribution in [0.4, 0.5) is 5.69 Å². The third-order valence-electron chi connectivity index (χ3n) is 3.55. The van der Waals surface area contributed by atoms with E-state index in [4.69, 9.17) is 5.73 Å². The van der Waals surface area contributed by atoms with Crippen molar-refractivity contribution < 1.29 is 9.59 Å². The second-order valence-corrected chi connectivity index (χ2v) is 6.09. The fourth-order valence-corrected chi connectivity index (χ4v) is 2.79. The fourth-order valence-electron chi connectivity index (χ4n) is 2.40. The third kappa shape index (κ3) is 4.97. The van der Waals surface area contributed by atoms with E-state index < -0.39 is 0 Å². The number of rotatable bonds is 6. The molecule has 0 aromatic heterocycles. The predicted octanol–water partition coefficient (Wildman–Crippen LogP) is 2.08. The van der Waals surface area contributed by atoms with Gasteiger partial charge in [0, 0.05) is 29.7 Å². The van der Waals surface area contributed by atoms with Crippen molar-refractivity contribution >= 4 is 45.8 Å². The lowest BCUT2D eigenvalue weighted by Crippen LogP contribution is -2.33. The first kappa shape index (κ1) is 18.9. The molecule has 0 bridgehead atoms. The molecule has 0 saturated carbocycles. The number of anilines is 1. The number of hydrogen-bond acceptors (Lipinski definition) is 3. The second-order valence-electron chi connectivity index (χ2n) is 5.17. The van der Waals surface area contributed by atoms with Gasteiger partial charge in [-0.3, -0.25) is 9.59 Å². The summed E-state index contributed by atoms with van der Waals surface area (Å²) in [5, 5.41) is 2.88. The molecule has 1 unspecified atom stereocenters. The highest BCUT2D eigenvalue weighted by Crippen LogP contribution is 2.27. The highest BCUT2D eigenvalue weighted by Gasteiger charge is 2.34. The highest BCUT2D eigenvalue weighted by atomic mass is 79.9. The lowest BCUT2D eigenvalue weighted by molar-refractivity contribution is -0.126. The van der Waals surface area contributed by atoms with Gasteiger partial charge in [-0.2, -0.15) is 0 Å². The Morgan fingerprint density at radius 2 is 2.18 bits per heavy atom. The van der Waals surface area contributed by atoms with Crippen molar-refractivity contribution in [3.63, 3.8) is 0 Å². The van der Waals surface area contributed by atoms with E-state index in [0.717, 1.165) is 23.0 Å². The SMILES string of the molecule is Cl.NCCCCNC(=O)C1CC(=O)N(c2cccc(Br)c2)C1. The molecule has 1 aromatic carbocycles. The molecule has 122 valence electrons. The summed E-state index contributed by atoms with van der Waals surface area (Å²) in [5.41, 5.74) is 6.24. The van der Waals surface area contributed by atoms with Crippen molar-refractivity contribution in [3.05, 3.63) is 28.7 Å². The van der Waals surface area contributed by atoms with Crippen molar-refractivity contribution in [2.45, 2.75) is 19.3 Å². The molecule has 1 aromatic rings. The summed E-state index contributed by atoms with van der Waals surface area (Å²) in [6.45, 7) is 1.70. The number of nitrogens with two attached hydrogens (primary N) is 1. The Hall–Kier alpha value is -1.11. The van der Waals surface area contributed by atoms with Gasteiger partial charge in [-0.1, -0.05) is 22.0 Å². The lowest BCUT2D eigenvalue weighted by Gasteiger charge is -2.17. The van der Waals surface area contributed by atoms with Gasteiger partial charge in [-0.25, -0.2) is 0 Å². The molecule has 0 aliphatic carbocycles. The number of hydrogen-bond donors (Lipinski definition) is 2. The quantitative estimate of drug-likeness (QED) is 0.730. The number of unbranched alkanes of at least 4 members (excludes halogenated alkanes) is 1. The Balaban J connectivity index is 0.00000242. The molecular formula is C15H21BrClN3O2. The van der Waals surface area contributed by atoms with E-state index in [-0.39, 0.29) is 36.6 Å². The summed E-state index contributed by atoms with van der Waals surface area (Å²) in [6, 6.07) is 7.56. The van der Waals surface area contributed by atoms with Crippen LogP contribution in [0.5, 0.6) is 0 Å². The smallest absolute Gasteiger partial charge is 0.227 e. The summed E-state index contributed by atoms with van der Waals surface area (Å²) in [6.07, 6.45) is 2.04. The molecule has 2 amide bonds. The average molecular weight is 391 g/mol. The van der Waals surface area contributed by atoms with Crippen LogP contribution in [0.25, 0.3) is 0 Å². The van der Waals surface area contributed by atoms with Gasteiger partial charge >= 0.3 is 0 Å². The highest BCUT2D eigenvalue weighted by molar-refractivity contribution is 9.10. The van der Waals surface area contributed by atoms with Crippen LogP contribution >= 0.6 is 28.3 Å². The van der Waals surface area contributed by atoms with Crippen LogP contribution in [-0.2, 0) is 9.59 Å². The maximum atomic E-state index is 12.1. The molecule has 1 saturated heterocycles. The molecule has 2 rings (SSSR count). The standard InChI is InChI=1S/C15H20BrN3O2.ClH/c16-12-4-3-5-13(9-12)19-10-11(8-14(19)20)15(21)18-7-2-1-6-17;/h3-5,9,11H,1-2,6-8,10,17H2,(H,18,21);1H. The van der Waals surface area contributed by atoms with E-state index in [9.17, 15) is 9.59 Å². The Morgan fingerprint density at radius 1 is 1.41 bits per heavy atom. The van der Waals surface area contributed by atoms with Gasteiger partial charge in [0.25, 0.3) is 0 Å². The number of benzene rings is 1. The molecule has 1 fully saturated rings. The zero-order chi connectivity index (χ0) is 15.2. The molecule has 7 heteroatoms. The van der Waals surface area contributed by atoms with E-state index in [2.05, 4.69) is 21.2 Å². The summed E-state index contributed by atoms with van der Waals surface area (Å²) in [7, 11) is 0. The normalized spacial score (nSPS) is 17.3. The van der Waals surface area contributed by atoms with E-state index in [0.29, 0.717) is 19.6 Å². The number of halogens is 2. The van der Waals surface area contributed by atoms with Crippen molar-refractivity contribution in [3.8, 4) is 0 Å². The number of carbonyl (C=O) groups is 2. The third-order valence-corrected chi connectivity index (χ3v) is 4.04. The predicted molar refractivity (Wildman–Crippen MR) is 93.1 cm³/mol. The minimum absolute atomic E-state index is 0. The van der Waals surface area contributed by atoms with Crippen LogP contribution in [0.15, 0.2) is 28.7 Å². The van der Waals surface area contributed by atoms with E-state index in [1.165, 1.54) is 0 Å². The molecule has 1 atom stereocenters. The van der Waals surface area contributed by atoms with Crippen LogP contribution in [0.1, 0.15) is 19.3 Å². The van der Waals surface area contributed by atoms with Gasteiger partial charge < -0.3 is 16.0 Å². The molecule has 0 spiro atoms. The lowest BCUT2D eigenvalue weighted by atomic mass is 10.1. The minimum atomic E-state index is -0.269. The summed E-state index contributed by atoms with van der Waals surface area (Å²) >= 11 is 3.39. The maximum absolute atomic E-state index is 12.1. The number of nitrogens with zero attached hydrogens (tertiary/aromatic N) is 1. The average Bonchev–Trinajstić information content (AvgIpc) is 2.85. The van der Waals surface area contributed by atoms with Crippen LogP contribution in [-0.4, -0.2) is 31.4 Å². The topological polar surface area (TPSA) is 75.4 Å². The molecule has 1 heterocycles. The monoisotopic (exact) mass is 389 g/mol. The zero-order valence-corrected chi connectivity index (χ0v) is 14.7. The largest absolute Gasteiger partial charge is 0.356 e. The van der Waals surface area contributed by atoms with Crippen LogP contribution < -0.4 is 16.0 Å². The molecular weight excluding hydrogens is 370 g/mol. The minimum Gasteiger partial charge on any atom is -0.356 e. The summed E-state index contributed by atoms with van der Waals surface area (Å²) in [5.74, 6) is -0.317. The molecule has 0 radical (unpaired) electrons. The number of carbonyl (C=O) groups excluding carboxylic acids is 2. The van der Waals surface area contributed by atoms with Gasteiger partial charge in [-0.15, -0.1) is 12.4 Å². The molecule has 1 aliphatic rings. The first-order valence-electron chi connectivity index (χ1n) is 7.15. The van der Waals surface area contributed by atoms with Gasteiger partial charge in [0.05, 0.1) is 5.92 Å². The van der Waals surface area contributed by atoms with Gasteiger partial charge in [0.2, 0.25) is 11.8 Å². The molecule has 1 aliphatic heterocycles. The molecule has 5 nitrogen and oxygen atoms in total. The molecule has 22 heavy (non-hydrogen) atoms. The van der Waals surface area contributed by atoms with Crippen molar-refractivity contribution in [2.75, 3.05) is 24.5 Å². The second kappa shape index (κ2) is 9.12. The first-order valence-corrected chi connectivity index (χ1v) is 7.95.